The maximum atomic E-state index is 13.1. The Bertz CT molecular complexity index is 1120. The summed E-state index contributed by atoms with van der Waals surface area (Å²) in [7, 11) is 0. The first-order chi connectivity index (χ1) is 14.0. The zero-order valence-corrected chi connectivity index (χ0v) is 15.2. The van der Waals surface area contributed by atoms with Crippen molar-refractivity contribution >= 4 is 23.0 Å². The number of aliphatic hydroxyl groups is 1. The van der Waals surface area contributed by atoms with Crippen LogP contribution >= 0.6 is 0 Å². The van der Waals surface area contributed by atoms with Gasteiger partial charge in [0.2, 0.25) is 6.79 Å². The summed E-state index contributed by atoms with van der Waals surface area (Å²) < 4.78 is 23.8. The normalized spacial score (nSPS) is 19.0. The van der Waals surface area contributed by atoms with Crippen LogP contribution in [0.15, 0.2) is 60.7 Å². The van der Waals surface area contributed by atoms with Gasteiger partial charge < -0.3 is 25.2 Å². The van der Waals surface area contributed by atoms with E-state index in [1.165, 1.54) is 12.1 Å². The first kappa shape index (κ1) is 17.5. The van der Waals surface area contributed by atoms with E-state index < -0.39 is 11.5 Å². The van der Waals surface area contributed by atoms with Crippen LogP contribution in [0.4, 0.5) is 21.5 Å². The van der Waals surface area contributed by atoms with Crippen molar-refractivity contribution in [1.82, 2.24) is 0 Å². The number of carbonyl (C=O) groups is 1. The second-order valence-electron chi connectivity index (χ2n) is 7.07. The van der Waals surface area contributed by atoms with Gasteiger partial charge in [0.15, 0.2) is 17.1 Å². The molecule has 2 heterocycles. The van der Waals surface area contributed by atoms with Gasteiger partial charge in [-0.25, -0.2) is 4.39 Å². The van der Waals surface area contributed by atoms with Crippen LogP contribution in [-0.2, 0) is 16.8 Å². The number of anilines is 3. The molecule has 146 valence electrons. The van der Waals surface area contributed by atoms with Crippen LogP contribution in [0.1, 0.15) is 11.1 Å². The number of hydrogen-bond acceptors (Lipinski definition) is 5. The molecule has 0 bridgehead atoms. The zero-order chi connectivity index (χ0) is 20.0. The minimum atomic E-state index is -1.72. The molecule has 3 aromatic rings. The second-order valence-corrected chi connectivity index (χ2v) is 7.07. The van der Waals surface area contributed by atoms with E-state index in [9.17, 15) is 14.3 Å². The largest absolute Gasteiger partial charge is 0.454 e. The van der Waals surface area contributed by atoms with Crippen molar-refractivity contribution in [1.29, 1.82) is 0 Å². The van der Waals surface area contributed by atoms with Crippen molar-refractivity contribution in [2.24, 2.45) is 0 Å². The number of ether oxygens (including phenoxy) is 2. The van der Waals surface area contributed by atoms with Crippen LogP contribution in [0.3, 0.4) is 0 Å². The summed E-state index contributed by atoms with van der Waals surface area (Å²) in [6.45, 7) is 0.158. The number of rotatable bonds is 4. The summed E-state index contributed by atoms with van der Waals surface area (Å²) in [5.74, 6) is 0.431. The van der Waals surface area contributed by atoms with Crippen molar-refractivity contribution in [3.8, 4) is 11.5 Å². The summed E-state index contributed by atoms with van der Waals surface area (Å²) in [6.07, 6.45) is 0.0858. The van der Waals surface area contributed by atoms with Crippen LogP contribution in [0.2, 0.25) is 0 Å². The number of halogens is 1. The molecule has 0 fully saturated rings. The Kier molecular flexibility index (Phi) is 3.92. The van der Waals surface area contributed by atoms with E-state index in [0.29, 0.717) is 34.1 Å². The lowest BCUT2D eigenvalue weighted by Gasteiger charge is -2.22. The number of benzene rings is 3. The average Bonchev–Trinajstić information content (AvgIpc) is 3.27. The number of carbonyl (C=O) groups excluding carboxylic acids is 1. The highest BCUT2D eigenvalue weighted by Gasteiger charge is 2.45. The van der Waals surface area contributed by atoms with Crippen molar-refractivity contribution in [3.05, 3.63) is 77.6 Å². The molecule has 0 saturated carbocycles. The fourth-order valence-electron chi connectivity index (χ4n) is 3.64. The Morgan fingerprint density at radius 3 is 2.59 bits per heavy atom. The molecule has 0 aliphatic carbocycles. The highest BCUT2D eigenvalue weighted by Crippen LogP contribution is 2.41. The van der Waals surface area contributed by atoms with Crippen LogP contribution < -0.4 is 20.1 Å². The summed E-state index contributed by atoms with van der Waals surface area (Å²) in [4.78, 5) is 12.6. The van der Waals surface area contributed by atoms with Crippen molar-refractivity contribution in [2.45, 2.75) is 12.0 Å². The lowest BCUT2D eigenvalue weighted by molar-refractivity contribution is -0.133. The summed E-state index contributed by atoms with van der Waals surface area (Å²) in [5, 5.41) is 17.2. The molecule has 1 unspecified atom stereocenters. The molecule has 5 rings (SSSR count). The number of fused-ring (bicyclic) bond motifs is 2. The van der Waals surface area contributed by atoms with Gasteiger partial charge in [-0.15, -0.1) is 0 Å². The zero-order valence-electron chi connectivity index (χ0n) is 15.2. The Labute approximate surface area is 165 Å². The molecule has 0 aromatic heterocycles. The summed E-state index contributed by atoms with van der Waals surface area (Å²) in [6, 6.07) is 16.5. The Hall–Kier alpha value is -3.58. The van der Waals surface area contributed by atoms with Crippen molar-refractivity contribution in [3.63, 3.8) is 0 Å². The molecule has 29 heavy (non-hydrogen) atoms. The third-order valence-electron chi connectivity index (χ3n) is 5.12. The summed E-state index contributed by atoms with van der Waals surface area (Å²) >= 11 is 0. The molecule has 3 N–H and O–H groups in total. The minimum Gasteiger partial charge on any atom is -0.454 e. The molecule has 2 aliphatic heterocycles. The van der Waals surface area contributed by atoms with E-state index in [-0.39, 0.29) is 19.0 Å². The van der Waals surface area contributed by atoms with Gasteiger partial charge in [0.05, 0.1) is 0 Å². The van der Waals surface area contributed by atoms with Crippen LogP contribution in [0, 0.1) is 5.82 Å². The van der Waals surface area contributed by atoms with E-state index in [1.807, 2.05) is 0 Å². The molecule has 7 heteroatoms. The fourth-order valence-corrected chi connectivity index (χ4v) is 3.64. The van der Waals surface area contributed by atoms with Gasteiger partial charge in [-0.3, -0.25) is 4.79 Å². The molecule has 0 spiro atoms. The van der Waals surface area contributed by atoms with Gasteiger partial charge >= 0.3 is 0 Å². The van der Waals surface area contributed by atoms with E-state index in [2.05, 4.69) is 10.6 Å². The third-order valence-corrected chi connectivity index (χ3v) is 5.12. The topological polar surface area (TPSA) is 79.8 Å². The van der Waals surface area contributed by atoms with Crippen molar-refractivity contribution in [2.75, 3.05) is 17.4 Å². The first-order valence-corrected chi connectivity index (χ1v) is 9.11. The maximum Gasteiger partial charge on any atom is 0.261 e. The molecule has 1 amide bonds. The highest BCUT2D eigenvalue weighted by atomic mass is 19.1. The van der Waals surface area contributed by atoms with Gasteiger partial charge in [0.25, 0.3) is 5.91 Å². The van der Waals surface area contributed by atoms with Gasteiger partial charge in [-0.1, -0.05) is 6.07 Å². The molecule has 0 saturated heterocycles. The molecule has 2 aliphatic rings. The number of hydrogen-bond donors (Lipinski definition) is 3. The number of amides is 1. The van der Waals surface area contributed by atoms with Crippen LogP contribution in [0.5, 0.6) is 11.5 Å². The Morgan fingerprint density at radius 2 is 1.76 bits per heavy atom. The molecule has 6 nitrogen and oxygen atoms in total. The second kappa shape index (κ2) is 6.49. The first-order valence-electron chi connectivity index (χ1n) is 9.11. The van der Waals surface area contributed by atoms with Gasteiger partial charge in [-0.2, -0.15) is 0 Å². The van der Waals surface area contributed by atoms with Crippen LogP contribution in [0.25, 0.3) is 0 Å². The molecule has 3 aromatic carbocycles. The van der Waals surface area contributed by atoms with Gasteiger partial charge in [0, 0.05) is 29.0 Å². The fraction of sp³-hybridized carbons (Fsp3) is 0.136. The lowest BCUT2D eigenvalue weighted by atomic mass is 9.88. The Morgan fingerprint density at radius 1 is 1.00 bits per heavy atom. The predicted molar refractivity (Wildman–Crippen MR) is 105 cm³/mol. The number of nitrogens with one attached hydrogen (secondary N) is 2. The third kappa shape index (κ3) is 3.05. The van der Waals surface area contributed by atoms with Gasteiger partial charge in [0.1, 0.15) is 5.82 Å². The molecule has 0 radical (unpaired) electrons. The van der Waals surface area contributed by atoms with E-state index >= 15 is 0 Å². The Balaban J connectivity index is 1.46. The quantitative estimate of drug-likeness (QED) is 0.631. The standard InChI is InChI=1S/C22H17FN2O4/c23-14-2-4-15(5-3-14)24-16-6-7-18-17(10-16)22(27,21(26)25-18)11-13-1-8-19-20(9-13)29-12-28-19/h1-10,24,27H,11-12H2,(H,25,26). The van der Waals surface area contributed by atoms with E-state index in [1.54, 1.807) is 48.5 Å². The molecule has 1 atom stereocenters. The predicted octanol–water partition coefficient (Wildman–Crippen LogP) is 3.68. The minimum absolute atomic E-state index is 0.0858. The molecular weight excluding hydrogens is 375 g/mol. The SMILES string of the molecule is O=C1Nc2ccc(Nc3ccc(F)cc3)cc2C1(O)Cc1ccc2c(c1)OCO2. The van der Waals surface area contributed by atoms with Crippen molar-refractivity contribution < 1.29 is 23.8 Å². The lowest BCUT2D eigenvalue weighted by Crippen LogP contribution is -2.36. The summed E-state index contributed by atoms with van der Waals surface area (Å²) in [5.41, 5.74) is 1.44. The van der Waals surface area contributed by atoms with Gasteiger partial charge in [-0.05, 0) is 60.2 Å². The molecular formula is C22H17FN2O4. The highest BCUT2D eigenvalue weighted by molar-refractivity contribution is 6.05. The average molecular weight is 392 g/mol. The van der Waals surface area contributed by atoms with E-state index in [0.717, 1.165) is 5.56 Å². The van der Waals surface area contributed by atoms with Crippen LogP contribution in [-0.4, -0.2) is 17.8 Å². The maximum absolute atomic E-state index is 13.1. The monoisotopic (exact) mass is 392 g/mol. The smallest absolute Gasteiger partial charge is 0.261 e. The van der Waals surface area contributed by atoms with E-state index in [4.69, 9.17) is 9.47 Å².